The lowest BCUT2D eigenvalue weighted by atomic mass is 9.96. The number of aliphatic carboxylic acids is 1. The van der Waals surface area contributed by atoms with Crippen molar-refractivity contribution in [3.63, 3.8) is 0 Å². The molecule has 2 aromatic carbocycles. The number of carboxylic acids is 1. The van der Waals surface area contributed by atoms with E-state index in [9.17, 15) is 67.1 Å². The van der Waals surface area contributed by atoms with E-state index in [2.05, 4.69) is 73.1 Å². The number of aliphatic imine (C=N–C) groups is 3. The highest BCUT2D eigenvalue weighted by molar-refractivity contribution is 6.01. The van der Waals surface area contributed by atoms with Crippen molar-refractivity contribution < 1.29 is 77.0 Å². The molecule has 36 N–H and O–H groups in total. The number of rotatable bonds is 52. The summed E-state index contributed by atoms with van der Waals surface area (Å²) in [7, 11) is 0. The Morgan fingerprint density at radius 2 is 0.796 bits per heavy atom. The fourth-order valence-electron chi connectivity index (χ4n) is 11.2. The maximum Gasteiger partial charge on any atom is 0.300 e. The molecule has 0 saturated carbocycles. The molecule has 0 aliphatic carbocycles. The monoisotopic (exact) mass is 1590 g/mol. The van der Waals surface area contributed by atoms with E-state index in [4.69, 9.17) is 78.7 Å². The van der Waals surface area contributed by atoms with Crippen LogP contribution in [0.5, 0.6) is 0 Å². The lowest BCUT2D eigenvalue weighted by molar-refractivity contribution is -0.137. The lowest BCUT2D eigenvalue weighted by Crippen LogP contribution is -2.62. The summed E-state index contributed by atoms with van der Waals surface area (Å²) in [5.41, 5.74) is 69.4. The van der Waals surface area contributed by atoms with Crippen molar-refractivity contribution >= 4 is 117 Å². The minimum absolute atomic E-state index is 0.0225. The minimum atomic E-state index is -1.90. The van der Waals surface area contributed by atoms with Crippen LogP contribution >= 0.6 is 0 Å². The number of unbranched alkanes of at least 4 members (excludes halogenated alkanes) is 1. The molecule has 0 saturated heterocycles. The second kappa shape index (κ2) is 51.3. The predicted molar refractivity (Wildman–Crippen MR) is 420 cm³/mol. The van der Waals surface area contributed by atoms with Crippen molar-refractivity contribution in [2.75, 3.05) is 26.2 Å². The van der Waals surface area contributed by atoms with Crippen LogP contribution in [0.25, 0.3) is 10.9 Å². The summed E-state index contributed by atoms with van der Waals surface area (Å²) in [5.74, 6) is -16.5. The molecule has 12 atom stereocenters. The zero-order valence-corrected chi connectivity index (χ0v) is 64.5. The number of para-hydroxylation sites is 1. The van der Waals surface area contributed by atoms with E-state index in [0.29, 0.717) is 34.9 Å². The van der Waals surface area contributed by atoms with Crippen LogP contribution in [-0.4, -0.2) is 209 Å². The van der Waals surface area contributed by atoms with Crippen LogP contribution in [0.2, 0.25) is 0 Å². The number of benzene rings is 2. The van der Waals surface area contributed by atoms with Crippen LogP contribution in [0, 0.1) is 11.8 Å². The Morgan fingerprint density at radius 1 is 0.425 bits per heavy atom. The third kappa shape index (κ3) is 38.3. The Morgan fingerprint density at radius 3 is 1.24 bits per heavy atom. The van der Waals surface area contributed by atoms with Gasteiger partial charge in [-0.3, -0.25) is 86.9 Å². The Bertz CT molecular complexity index is 3760. The van der Waals surface area contributed by atoms with Gasteiger partial charge in [-0.05, 0) is 113 Å². The molecule has 14 amide bonds. The van der Waals surface area contributed by atoms with Gasteiger partial charge >= 0.3 is 0 Å². The number of guanidine groups is 3. The molecule has 0 aliphatic rings. The topological polar surface area (TPSA) is 762 Å². The quantitative estimate of drug-likeness (QED) is 0.0142. The summed E-state index contributed by atoms with van der Waals surface area (Å²) in [6.07, 6.45) is -0.694. The number of primary amides is 4. The summed E-state index contributed by atoms with van der Waals surface area (Å²) in [5, 5.41) is 33.8. The van der Waals surface area contributed by atoms with Crippen molar-refractivity contribution in [1.29, 1.82) is 0 Å². The molecule has 0 spiro atoms. The van der Waals surface area contributed by atoms with Crippen molar-refractivity contribution in [3.05, 3.63) is 71.9 Å². The molecule has 1 aromatic heterocycles. The van der Waals surface area contributed by atoms with Gasteiger partial charge in [-0.1, -0.05) is 82.6 Å². The number of fused-ring (bicyclic) bond motifs is 1. The van der Waals surface area contributed by atoms with Gasteiger partial charge in [0.25, 0.3) is 5.97 Å². The van der Waals surface area contributed by atoms with E-state index >= 15 is 0 Å². The second-order valence-corrected chi connectivity index (χ2v) is 27.2. The van der Waals surface area contributed by atoms with Gasteiger partial charge in [0.2, 0.25) is 82.7 Å². The molecule has 0 bridgehead atoms. The number of amides is 14. The Balaban J connectivity index is 0.0000106. The van der Waals surface area contributed by atoms with Gasteiger partial charge in [0.05, 0.1) is 12.5 Å². The molecular weight excluding hydrogens is 1470 g/mol. The van der Waals surface area contributed by atoms with E-state index in [-0.39, 0.29) is 115 Å². The summed E-state index contributed by atoms with van der Waals surface area (Å²) in [4.78, 5) is 218. The minimum Gasteiger partial charge on any atom is -0.481 e. The van der Waals surface area contributed by atoms with Gasteiger partial charge in [-0.15, -0.1) is 0 Å². The summed E-state index contributed by atoms with van der Waals surface area (Å²) >= 11 is 0. The normalized spacial score (nSPS) is 14.1. The van der Waals surface area contributed by atoms with E-state index in [1.54, 1.807) is 88.5 Å². The summed E-state index contributed by atoms with van der Waals surface area (Å²) in [6.45, 7) is 7.73. The Hall–Kier alpha value is -12.2. The van der Waals surface area contributed by atoms with Crippen molar-refractivity contribution in [2.24, 2.45) is 95.6 Å². The average Bonchev–Trinajstić information content (AvgIpc) is 1.69. The molecule has 626 valence electrons. The smallest absolute Gasteiger partial charge is 0.300 e. The first-order valence-corrected chi connectivity index (χ1v) is 36.9. The number of carbonyl (C=O) groups is 15. The maximum absolute atomic E-state index is 14.9. The van der Waals surface area contributed by atoms with E-state index in [0.717, 1.165) is 6.92 Å². The first-order chi connectivity index (χ1) is 53.3. The fraction of sp³-hybridized carbons (Fsp3) is 0.549. The van der Waals surface area contributed by atoms with Crippen LogP contribution < -0.4 is 122 Å². The van der Waals surface area contributed by atoms with Crippen LogP contribution in [0.1, 0.15) is 142 Å². The van der Waals surface area contributed by atoms with Crippen molar-refractivity contribution in [3.8, 4) is 0 Å². The third-order valence-electron chi connectivity index (χ3n) is 17.4. The molecule has 0 radical (unpaired) electrons. The highest BCUT2D eigenvalue weighted by Gasteiger charge is 2.38. The molecule has 0 aliphatic heterocycles. The Kier molecular flexibility index (Phi) is 43.9. The fourth-order valence-corrected chi connectivity index (χ4v) is 11.2. The zero-order chi connectivity index (χ0) is 85.0. The first kappa shape index (κ1) is 96.8. The van der Waals surface area contributed by atoms with Gasteiger partial charge < -0.3 is 132 Å². The van der Waals surface area contributed by atoms with Crippen LogP contribution in [0.4, 0.5) is 0 Å². The summed E-state index contributed by atoms with van der Waals surface area (Å²) in [6, 6.07) is -0.786. The van der Waals surface area contributed by atoms with Gasteiger partial charge in [-0.25, -0.2) is 0 Å². The maximum atomic E-state index is 14.9. The van der Waals surface area contributed by atoms with Crippen molar-refractivity contribution in [2.45, 2.75) is 210 Å². The van der Waals surface area contributed by atoms with Crippen LogP contribution in [0.15, 0.2) is 75.8 Å². The number of aromatic amines is 1. The number of nitrogens with zero attached hydrogens (tertiary/aromatic N) is 3. The number of carboxylic acid groups (broad SMARTS) is 1. The number of aromatic nitrogens is 1. The molecule has 3 rings (SSSR count). The zero-order valence-electron chi connectivity index (χ0n) is 64.5. The average molecular weight is 1590 g/mol. The highest BCUT2D eigenvalue weighted by Crippen LogP contribution is 2.21. The molecule has 42 nitrogen and oxygen atoms in total. The van der Waals surface area contributed by atoms with Crippen LogP contribution in [-0.2, 0) is 84.8 Å². The molecule has 0 fully saturated rings. The Labute approximate surface area is 654 Å². The highest BCUT2D eigenvalue weighted by atomic mass is 16.4. The van der Waals surface area contributed by atoms with E-state index < -0.39 is 193 Å². The number of hydrogen-bond donors (Lipinski definition) is 24. The second-order valence-electron chi connectivity index (χ2n) is 27.2. The van der Waals surface area contributed by atoms with Crippen LogP contribution in [0.3, 0.4) is 0 Å². The molecule has 12 unspecified atom stereocenters. The number of H-pyrrole nitrogens is 1. The largest absolute Gasteiger partial charge is 0.481 e. The van der Waals surface area contributed by atoms with Gasteiger partial charge in [0.1, 0.15) is 60.4 Å². The standard InChI is InChI=1S/C69H112N26O14.C2H4O2/c1-5-37(4)55(66(109)91-46(23-15-31-84-69(80)81)58(101)88-44(20-11-12-28-70)62(105)94-54(36(2)3)65(108)86-43(56(75)99)21-13-29-82-67(76)77)95-64(107)50(34-53(74)98)93-59(102)45(22-14-30-83-68(78)79)89-60(103)48(25-27-52(73)97)90-63(106)49(33-39-35-85-42-19-10-9-18-40(39)42)92-61(104)47(24-26-51(72)96)87-57(100)41(71)32-38-16-7-6-8-17-38;1-2(3)4/h6-10,16-19,35-37,41,43-50,54-55,85H,5,11-15,20-34,70-71H2,1-4H3,(H2,72,96)(H2,73,97)(H2,74,98)(H2,75,99)(H,86,108)(H,87,100)(H,88,101)(H,89,103)(H,90,106)(H,91,109)(H,92,104)(H,93,102)(H,94,105)(H,95,107)(H4,76,77,82)(H4,78,79,83)(H4,80,81,84);1H3,(H,3,4). The number of nitrogens with two attached hydrogens (primary N) is 12. The van der Waals surface area contributed by atoms with Gasteiger partial charge in [0.15, 0.2) is 17.9 Å². The van der Waals surface area contributed by atoms with Crippen molar-refractivity contribution in [1.82, 2.24) is 58.2 Å². The predicted octanol–water partition coefficient (Wildman–Crippen LogP) is -6.90. The summed E-state index contributed by atoms with van der Waals surface area (Å²) < 4.78 is 0. The van der Waals surface area contributed by atoms with Gasteiger partial charge in [-0.2, -0.15) is 0 Å². The van der Waals surface area contributed by atoms with E-state index in [1.807, 2.05) is 0 Å². The third-order valence-corrected chi connectivity index (χ3v) is 17.4. The molecule has 3 aromatic rings. The van der Waals surface area contributed by atoms with E-state index in [1.165, 1.54) is 0 Å². The lowest BCUT2D eigenvalue weighted by Gasteiger charge is -2.30. The number of hydrogen-bond acceptors (Lipinski definition) is 20. The molecule has 113 heavy (non-hydrogen) atoms. The SMILES string of the molecule is CC(=O)O.CCC(C)C(NC(=O)C(CC(N)=O)NC(=O)C(CCCN=C(N)N)NC(=O)C(CCC(N)=O)NC(=O)C(Cc1c[nH]c2ccccc12)NC(=O)C(CCC(N)=O)NC(=O)C(N)Cc1ccccc1)C(=O)NC(CCCN=C(N)N)C(=O)NC(CCCCN)C(=O)NC(C(=O)NC(CCCN=C(N)N)C(N)=O)C(C)C. The molecule has 42 heteroatoms. The number of carbonyl (C=O) groups excluding carboxylic acids is 14. The molecular formula is C71H116N26O16. The number of nitrogens with one attached hydrogen (secondary N) is 11. The van der Waals surface area contributed by atoms with Gasteiger partial charge in [0, 0.05) is 62.9 Å². The first-order valence-electron chi connectivity index (χ1n) is 36.9. The molecule has 1 heterocycles.